The van der Waals surface area contributed by atoms with Crippen molar-refractivity contribution >= 4 is 28.6 Å². The smallest absolute Gasteiger partial charge is 0.222 e. The SMILES string of the molecule is Cn1nnnc1SCCC(=O)Cl. The fraction of sp³-hybridized carbons (Fsp3) is 0.600. The Morgan fingerprint density at radius 2 is 2.50 bits per heavy atom. The highest BCUT2D eigenvalue weighted by molar-refractivity contribution is 7.99. The van der Waals surface area contributed by atoms with Crippen molar-refractivity contribution in [2.24, 2.45) is 7.05 Å². The Balaban J connectivity index is 2.33. The first-order chi connectivity index (χ1) is 5.70. The van der Waals surface area contributed by atoms with Gasteiger partial charge in [-0.1, -0.05) is 11.8 Å². The molecule has 1 rings (SSSR count). The number of hydrogen-bond acceptors (Lipinski definition) is 5. The van der Waals surface area contributed by atoms with E-state index in [0.717, 1.165) is 0 Å². The quantitative estimate of drug-likeness (QED) is 0.529. The Hall–Kier alpha value is -0.620. The van der Waals surface area contributed by atoms with Crippen LogP contribution in [0.3, 0.4) is 0 Å². The van der Waals surface area contributed by atoms with Crippen molar-refractivity contribution in [2.45, 2.75) is 11.6 Å². The summed E-state index contributed by atoms with van der Waals surface area (Å²) in [5.41, 5.74) is 0. The Morgan fingerprint density at radius 1 is 1.75 bits per heavy atom. The molecule has 0 saturated carbocycles. The number of aromatic nitrogens is 4. The first kappa shape index (κ1) is 9.47. The summed E-state index contributed by atoms with van der Waals surface area (Å²) in [5.74, 6) is 0.608. The molecule has 0 spiro atoms. The van der Waals surface area contributed by atoms with Gasteiger partial charge in [0.25, 0.3) is 0 Å². The predicted octanol–water partition coefficient (Wildman–Crippen LogP) is 0.458. The lowest BCUT2D eigenvalue weighted by molar-refractivity contribution is -0.111. The number of thioether (sulfide) groups is 1. The van der Waals surface area contributed by atoms with E-state index in [2.05, 4.69) is 15.5 Å². The molecule has 5 nitrogen and oxygen atoms in total. The van der Waals surface area contributed by atoms with E-state index in [0.29, 0.717) is 17.3 Å². The number of tetrazole rings is 1. The van der Waals surface area contributed by atoms with Crippen LogP contribution in [0.15, 0.2) is 5.16 Å². The second kappa shape index (κ2) is 4.42. The highest BCUT2D eigenvalue weighted by Crippen LogP contribution is 2.13. The molecule has 0 amide bonds. The third-order valence-corrected chi connectivity index (χ3v) is 2.31. The zero-order chi connectivity index (χ0) is 8.97. The molecule has 0 N–H and O–H groups in total. The van der Waals surface area contributed by atoms with Crippen LogP contribution in [-0.2, 0) is 11.8 Å². The molecular weight excluding hydrogens is 200 g/mol. The molecule has 0 aliphatic carbocycles. The van der Waals surface area contributed by atoms with Crippen LogP contribution in [0.4, 0.5) is 0 Å². The van der Waals surface area contributed by atoms with Crippen molar-refractivity contribution in [3.05, 3.63) is 0 Å². The summed E-state index contributed by atoms with van der Waals surface area (Å²) in [6.45, 7) is 0. The van der Waals surface area contributed by atoms with Crippen LogP contribution in [0.5, 0.6) is 0 Å². The average molecular weight is 207 g/mol. The molecule has 0 fully saturated rings. The number of halogens is 1. The summed E-state index contributed by atoms with van der Waals surface area (Å²) < 4.78 is 1.55. The van der Waals surface area contributed by atoms with Crippen molar-refractivity contribution in [3.8, 4) is 0 Å². The summed E-state index contributed by atoms with van der Waals surface area (Å²) in [6, 6.07) is 0. The van der Waals surface area contributed by atoms with Gasteiger partial charge in [0.2, 0.25) is 10.4 Å². The first-order valence-electron chi connectivity index (χ1n) is 3.23. The van der Waals surface area contributed by atoms with Crippen molar-refractivity contribution < 1.29 is 4.79 Å². The van der Waals surface area contributed by atoms with Gasteiger partial charge in [0, 0.05) is 19.2 Å². The predicted molar refractivity (Wildman–Crippen MR) is 45.0 cm³/mol. The van der Waals surface area contributed by atoms with Crippen LogP contribution in [-0.4, -0.2) is 31.2 Å². The maximum atomic E-state index is 10.4. The molecule has 0 saturated heterocycles. The molecule has 1 aromatic heterocycles. The number of carbonyl (C=O) groups excluding carboxylic acids is 1. The molecule has 0 aromatic carbocycles. The van der Waals surface area contributed by atoms with Crippen LogP contribution in [0.1, 0.15) is 6.42 Å². The van der Waals surface area contributed by atoms with E-state index in [1.807, 2.05) is 0 Å². The second-order valence-electron chi connectivity index (χ2n) is 2.04. The van der Waals surface area contributed by atoms with Crippen molar-refractivity contribution in [1.29, 1.82) is 0 Å². The summed E-state index contributed by atoms with van der Waals surface area (Å²) in [7, 11) is 1.74. The van der Waals surface area contributed by atoms with E-state index in [1.54, 1.807) is 11.7 Å². The van der Waals surface area contributed by atoms with E-state index >= 15 is 0 Å². The van der Waals surface area contributed by atoms with Crippen molar-refractivity contribution in [3.63, 3.8) is 0 Å². The Morgan fingerprint density at radius 3 is 3.00 bits per heavy atom. The first-order valence-corrected chi connectivity index (χ1v) is 4.60. The number of nitrogens with zero attached hydrogens (tertiary/aromatic N) is 4. The Labute approximate surface area is 78.5 Å². The number of carbonyl (C=O) groups is 1. The minimum absolute atomic E-state index is 0.332. The van der Waals surface area contributed by atoms with Crippen LogP contribution >= 0.6 is 23.4 Å². The van der Waals surface area contributed by atoms with Crippen LogP contribution in [0.25, 0.3) is 0 Å². The zero-order valence-corrected chi connectivity index (χ0v) is 7.97. The molecule has 0 unspecified atom stereocenters. The van der Waals surface area contributed by atoms with Gasteiger partial charge in [-0.25, -0.2) is 4.68 Å². The standard InChI is InChI=1S/C5H7ClN4OS/c1-10-5(7-8-9-10)12-3-2-4(6)11/h2-3H2,1H3. The van der Waals surface area contributed by atoms with Crippen molar-refractivity contribution in [1.82, 2.24) is 20.2 Å². The largest absolute Gasteiger partial charge is 0.281 e. The van der Waals surface area contributed by atoms with Gasteiger partial charge in [0.05, 0.1) is 0 Å². The highest BCUT2D eigenvalue weighted by atomic mass is 35.5. The summed E-state index contributed by atoms with van der Waals surface area (Å²) >= 11 is 6.55. The normalized spacial score (nSPS) is 10.2. The molecule has 0 bridgehead atoms. The van der Waals surface area contributed by atoms with Gasteiger partial charge in [0.1, 0.15) is 0 Å². The lowest BCUT2D eigenvalue weighted by Crippen LogP contribution is -1.95. The Bertz CT molecular complexity index is 276. The topological polar surface area (TPSA) is 60.7 Å². The maximum Gasteiger partial charge on any atom is 0.222 e. The van der Waals surface area contributed by atoms with Gasteiger partial charge in [-0.15, -0.1) is 5.10 Å². The van der Waals surface area contributed by atoms with Crippen LogP contribution in [0, 0.1) is 0 Å². The minimum Gasteiger partial charge on any atom is -0.281 e. The monoisotopic (exact) mass is 206 g/mol. The third kappa shape index (κ3) is 2.78. The minimum atomic E-state index is -0.336. The van der Waals surface area contributed by atoms with Gasteiger partial charge in [0.15, 0.2) is 0 Å². The van der Waals surface area contributed by atoms with Crippen molar-refractivity contribution in [2.75, 3.05) is 5.75 Å². The van der Waals surface area contributed by atoms with E-state index in [-0.39, 0.29) is 5.24 Å². The maximum absolute atomic E-state index is 10.4. The lowest BCUT2D eigenvalue weighted by Gasteiger charge is -1.94. The summed E-state index contributed by atoms with van der Waals surface area (Å²) in [6.07, 6.45) is 0.332. The third-order valence-electron chi connectivity index (χ3n) is 1.11. The lowest BCUT2D eigenvalue weighted by atomic mass is 10.6. The molecular formula is C5H7ClN4OS. The van der Waals surface area contributed by atoms with E-state index in [1.165, 1.54) is 11.8 Å². The summed E-state index contributed by atoms with van der Waals surface area (Å²) in [5, 5.41) is 11.2. The molecule has 1 heterocycles. The van der Waals surface area contributed by atoms with Gasteiger partial charge >= 0.3 is 0 Å². The van der Waals surface area contributed by atoms with E-state index in [4.69, 9.17) is 11.6 Å². The number of hydrogen-bond donors (Lipinski definition) is 0. The van der Waals surface area contributed by atoms with E-state index in [9.17, 15) is 4.79 Å². The zero-order valence-electron chi connectivity index (χ0n) is 6.40. The fourth-order valence-electron chi connectivity index (χ4n) is 0.566. The summed E-state index contributed by atoms with van der Waals surface area (Å²) in [4.78, 5) is 10.4. The molecule has 66 valence electrons. The van der Waals surface area contributed by atoms with Crippen LogP contribution < -0.4 is 0 Å². The Kier molecular flexibility index (Phi) is 3.48. The molecule has 0 aliphatic rings. The van der Waals surface area contributed by atoms with Gasteiger partial charge < -0.3 is 0 Å². The highest BCUT2D eigenvalue weighted by Gasteiger charge is 2.03. The molecule has 7 heteroatoms. The second-order valence-corrected chi connectivity index (χ2v) is 3.52. The molecule has 0 radical (unpaired) electrons. The molecule has 0 aliphatic heterocycles. The molecule has 1 aromatic rings. The molecule has 0 atom stereocenters. The number of rotatable bonds is 4. The average Bonchev–Trinajstić information content (AvgIpc) is 2.36. The van der Waals surface area contributed by atoms with E-state index < -0.39 is 0 Å². The van der Waals surface area contributed by atoms with Gasteiger partial charge in [-0.2, -0.15) is 0 Å². The van der Waals surface area contributed by atoms with Gasteiger partial charge in [-0.05, 0) is 22.0 Å². The van der Waals surface area contributed by atoms with Crippen LogP contribution in [0.2, 0.25) is 0 Å². The fourth-order valence-corrected chi connectivity index (χ4v) is 1.56. The van der Waals surface area contributed by atoms with Gasteiger partial charge in [-0.3, -0.25) is 4.79 Å². The number of aryl methyl sites for hydroxylation is 1. The molecule has 12 heavy (non-hydrogen) atoms.